The molecule has 1 fully saturated rings. The number of nitrogens with one attached hydrogen (secondary N) is 1. The Labute approximate surface area is 201 Å². The van der Waals surface area contributed by atoms with Crippen LogP contribution in [-0.2, 0) is 4.74 Å². The topological polar surface area (TPSA) is 110 Å². The summed E-state index contributed by atoms with van der Waals surface area (Å²) in [5, 5.41) is 17.4. The van der Waals surface area contributed by atoms with E-state index in [2.05, 4.69) is 15.5 Å². The minimum Gasteiger partial charge on any atom is -0.504 e. The Hall–Kier alpha value is -3.92. The molecule has 0 bridgehead atoms. The second-order valence-electron chi connectivity index (χ2n) is 8.49. The van der Waals surface area contributed by atoms with Gasteiger partial charge in [-0.05, 0) is 49.6 Å². The number of benzene rings is 2. The molecule has 10 heteroatoms. The van der Waals surface area contributed by atoms with Crippen molar-refractivity contribution in [3.8, 4) is 22.9 Å². The lowest BCUT2D eigenvalue weighted by atomic mass is 9.94. The van der Waals surface area contributed by atoms with Gasteiger partial charge in [0.1, 0.15) is 5.82 Å². The summed E-state index contributed by atoms with van der Waals surface area (Å²) in [6, 6.07) is 9.82. The second kappa shape index (κ2) is 9.38. The number of carbonyl (C=O) groups excluding carboxylic acids is 1. The highest BCUT2D eigenvalue weighted by atomic mass is 19.1. The van der Waals surface area contributed by atoms with Crippen molar-refractivity contribution >= 4 is 11.6 Å². The fraction of sp³-hybridized carbons (Fsp3) is 0.320. The van der Waals surface area contributed by atoms with Gasteiger partial charge in [-0.25, -0.2) is 9.18 Å². The van der Waals surface area contributed by atoms with E-state index in [1.807, 2.05) is 6.92 Å². The first-order valence-electron chi connectivity index (χ1n) is 11.3. The molecule has 0 aliphatic carbocycles. The van der Waals surface area contributed by atoms with E-state index < -0.39 is 11.9 Å². The first-order valence-corrected chi connectivity index (χ1v) is 11.3. The van der Waals surface area contributed by atoms with E-state index in [1.54, 1.807) is 29.2 Å². The molecule has 0 radical (unpaired) electrons. The number of rotatable bonds is 6. The summed E-state index contributed by atoms with van der Waals surface area (Å²) in [5.74, 6) is 0.231. The van der Waals surface area contributed by atoms with Crippen molar-refractivity contribution in [1.29, 1.82) is 0 Å². The molecule has 2 aromatic carbocycles. The van der Waals surface area contributed by atoms with Crippen molar-refractivity contribution < 1.29 is 28.3 Å². The molecule has 182 valence electrons. The molecule has 3 aromatic rings. The van der Waals surface area contributed by atoms with Gasteiger partial charge in [0.15, 0.2) is 11.5 Å². The number of ether oxygens (including phenoxy) is 2. The Bertz CT molecular complexity index is 1280. The molecule has 1 saturated heterocycles. The van der Waals surface area contributed by atoms with Crippen molar-refractivity contribution in [3.63, 3.8) is 0 Å². The molecule has 2 aliphatic rings. The van der Waals surface area contributed by atoms with E-state index in [4.69, 9.17) is 14.0 Å². The predicted octanol–water partition coefficient (Wildman–Crippen LogP) is 4.27. The molecule has 2 N–H and O–H groups in total. The van der Waals surface area contributed by atoms with E-state index >= 15 is 0 Å². The van der Waals surface area contributed by atoms with Gasteiger partial charge in [0.25, 0.3) is 5.89 Å². The molecule has 5 rings (SSSR count). The zero-order chi connectivity index (χ0) is 24.5. The second-order valence-corrected chi connectivity index (χ2v) is 8.49. The lowest BCUT2D eigenvalue weighted by Gasteiger charge is -2.36. The number of urea groups is 1. The third kappa shape index (κ3) is 4.44. The number of phenols is 1. The number of carbonyl (C=O) groups is 1. The van der Waals surface area contributed by atoms with Gasteiger partial charge >= 0.3 is 6.03 Å². The van der Waals surface area contributed by atoms with Gasteiger partial charge in [-0.2, -0.15) is 4.98 Å². The standard InChI is InChI=1S/C25H25FN4O5/c1-14-21(24-28-23(29-35-24)16-5-3-6-17(26)11-16)22(15-8-9-20(33-2)19(31)12-15)27-25(32)30(14)13-18-7-4-10-34-18/h3,5-6,8-9,11-12,18,22,31H,4,7,10,13H2,1-2H3,(H,27,32). The third-order valence-corrected chi connectivity index (χ3v) is 6.28. The van der Waals surface area contributed by atoms with E-state index in [0.29, 0.717) is 41.3 Å². The number of methoxy groups -OCH3 is 1. The van der Waals surface area contributed by atoms with Crippen LogP contribution in [0.2, 0.25) is 0 Å². The highest BCUT2D eigenvalue weighted by Crippen LogP contribution is 2.40. The summed E-state index contributed by atoms with van der Waals surface area (Å²) in [6.07, 6.45) is 1.75. The minimum absolute atomic E-state index is 0.0657. The number of aromatic hydroxyl groups is 1. The van der Waals surface area contributed by atoms with Crippen LogP contribution in [0.5, 0.6) is 11.5 Å². The molecule has 1 aromatic heterocycles. The van der Waals surface area contributed by atoms with Gasteiger partial charge in [0.05, 0.1) is 31.4 Å². The molecule has 3 heterocycles. The highest BCUT2D eigenvalue weighted by Gasteiger charge is 2.37. The molecule has 2 aliphatic heterocycles. The van der Waals surface area contributed by atoms with E-state index in [0.717, 1.165) is 12.8 Å². The summed E-state index contributed by atoms with van der Waals surface area (Å²) in [4.78, 5) is 19.3. The van der Waals surface area contributed by atoms with Gasteiger partial charge in [0.2, 0.25) is 5.82 Å². The van der Waals surface area contributed by atoms with Crippen LogP contribution >= 0.6 is 0 Å². The maximum absolute atomic E-state index is 13.8. The number of aromatic nitrogens is 2. The molecule has 35 heavy (non-hydrogen) atoms. The summed E-state index contributed by atoms with van der Waals surface area (Å²) in [6.45, 7) is 2.86. The Morgan fingerprint density at radius 2 is 2.14 bits per heavy atom. The molecule has 2 unspecified atom stereocenters. The largest absolute Gasteiger partial charge is 0.504 e. The molecular weight excluding hydrogens is 455 g/mol. The van der Waals surface area contributed by atoms with Crippen LogP contribution in [0.25, 0.3) is 17.0 Å². The first kappa shape index (κ1) is 22.9. The number of hydrogen-bond donors (Lipinski definition) is 2. The van der Waals surface area contributed by atoms with Crippen LogP contribution in [0, 0.1) is 5.82 Å². The number of phenolic OH excluding ortho intramolecular Hbond substituents is 1. The van der Waals surface area contributed by atoms with Gasteiger partial charge < -0.3 is 24.4 Å². The van der Waals surface area contributed by atoms with Crippen molar-refractivity contribution in [1.82, 2.24) is 20.4 Å². The Balaban J connectivity index is 1.58. The smallest absolute Gasteiger partial charge is 0.322 e. The molecule has 9 nitrogen and oxygen atoms in total. The van der Waals surface area contributed by atoms with Crippen LogP contribution in [0.15, 0.2) is 52.7 Å². The average molecular weight is 480 g/mol. The maximum Gasteiger partial charge on any atom is 0.322 e. The lowest BCUT2D eigenvalue weighted by Crippen LogP contribution is -2.48. The van der Waals surface area contributed by atoms with Gasteiger partial charge in [0, 0.05) is 17.9 Å². The van der Waals surface area contributed by atoms with Gasteiger partial charge in [-0.3, -0.25) is 4.90 Å². The Morgan fingerprint density at radius 1 is 1.29 bits per heavy atom. The fourth-order valence-electron chi connectivity index (χ4n) is 4.48. The highest BCUT2D eigenvalue weighted by molar-refractivity contribution is 5.87. The summed E-state index contributed by atoms with van der Waals surface area (Å²) in [7, 11) is 1.46. The summed E-state index contributed by atoms with van der Waals surface area (Å²) >= 11 is 0. The summed E-state index contributed by atoms with van der Waals surface area (Å²) < 4.78 is 30.3. The van der Waals surface area contributed by atoms with Crippen molar-refractivity contribution in [2.75, 3.05) is 20.3 Å². The van der Waals surface area contributed by atoms with Crippen LogP contribution in [0.4, 0.5) is 9.18 Å². The lowest BCUT2D eigenvalue weighted by molar-refractivity contribution is 0.0877. The first-order chi connectivity index (χ1) is 16.9. The Morgan fingerprint density at radius 3 is 2.86 bits per heavy atom. The van der Waals surface area contributed by atoms with Crippen molar-refractivity contribution in [2.24, 2.45) is 0 Å². The third-order valence-electron chi connectivity index (χ3n) is 6.28. The molecule has 0 saturated carbocycles. The number of hydrogen-bond acceptors (Lipinski definition) is 7. The van der Waals surface area contributed by atoms with Crippen LogP contribution in [0.1, 0.15) is 37.3 Å². The summed E-state index contributed by atoms with van der Waals surface area (Å²) in [5.41, 5.74) is 2.27. The van der Waals surface area contributed by atoms with Crippen molar-refractivity contribution in [3.05, 3.63) is 65.4 Å². The van der Waals surface area contributed by atoms with E-state index in [-0.39, 0.29) is 29.6 Å². The Kier molecular flexibility index (Phi) is 6.12. The predicted molar refractivity (Wildman–Crippen MR) is 124 cm³/mol. The maximum atomic E-state index is 13.8. The molecule has 2 amide bonds. The van der Waals surface area contributed by atoms with Crippen LogP contribution < -0.4 is 10.1 Å². The number of amides is 2. The van der Waals surface area contributed by atoms with Crippen molar-refractivity contribution in [2.45, 2.75) is 31.9 Å². The van der Waals surface area contributed by atoms with E-state index in [9.17, 15) is 14.3 Å². The molecule has 0 spiro atoms. The van der Waals surface area contributed by atoms with E-state index in [1.165, 1.54) is 25.3 Å². The van der Waals surface area contributed by atoms with Gasteiger partial charge in [-0.15, -0.1) is 0 Å². The number of allylic oxidation sites excluding steroid dienone is 1. The monoisotopic (exact) mass is 480 g/mol. The van der Waals surface area contributed by atoms with Crippen LogP contribution in [0.3, 0.4) is 0 Å². The minimum atomic E-state index is -0.680. The fourth-order valence-corrected chi connectivity index (χ4v) is 4.48. The number of nitrogens with zero attached hydrogens (tertiary/aromatic N) is 3. The molecule has 2 atom stereocenters. The normalized spacial score (nSPS) is 20.3. The van der Waals surface area contributed by atoms with Gasteiger partial charge in [-0.1, -0.05) is 23.4 Å². The molecular formula is C25H25FN4O5. The average Bonchev–Trinajstić information content (AvgIpc) is 3.54. The SMILES string of the molecule is COc1ccc(C2NC(=O)N(CC3CCCO3)C(C)=C2c2nc(-c3cccc(F)c3)no2)cc1O. The quantitative estimate of drug-likeness (QED) is 0.542. The number of halogens is 1. The zero-order valence-corrected chi connectivity index (χ0v) is 19.3. The van der Waals surface area contributed by atoms with Crippen LogP contribution in [-0.4, -0.2) is 52.5 Å². The zero-order valence-electron chi connectivity index (χ0n) is 19.3.